The molecule has 0 saturated heterocycles. The molecule has 1 aromatic heterocycles. The molecule has 0 bridgehead atoms. The van der Waals surface area contributed by atoms with Crippen molar-refractivity contribution in [1.82, 2.24) is 9.36 Å². The van der Waals surface area contributed by atoms with Gasteiger partial charge in [-0.2, -0.15) is 4.37 Å². The second-order valence-electron chi connectivity index (χ2n) is 1.97. The van der Waals surface area contributed by atoms with Crippen LogP contribution in [0.1, 0.15) is 23.8 Å². The minimum absolute atomic E-state index is 0.0243. The van der Waals surface area contributed by atoms with E-state index < -0.39 is 0 Å². The molecule has 1 heterocycles. The zero-order valence-corrected chi connectivity index (χ0v) is 6.27. The monoisotopic (exact) mass is 143 g/mol. The van der Waals surface area contributed by atoms with Crippen LogP contribution in [0.25, 0.3) is 0 Å². The zero-order chi connectivity index (χ0) is 6.85. The van der Waals surface area contributed by atoms with Crippen LogP contribution < -0.4 is 5.73 Å². The molecule has 50 valence electrons. The van der Waals surface area contributed by atoms with E-state index in [-0.39, 0.29) is 6.04 Å². The molecule has 0 spiro atoms. The molecular formula is C5H9N3S. The van der Waals surface area contributed by atoms with Crippen molar-refractivity contribution in [2.24, 2.45) is 5.73 Å². The lowest BCUT2D eigenvalue weighted by Crippen LogP contribution is -2.03. The minimum atomic E-state index is 0.0243. The number of aryl methyl sites for hydroxylation is 1. The van der Waals surface area contributed by atoms with Gasteiger partial charge in [-0.15, -0.1) is 0 Å². The summed E-state index contributed by atoms with van der Waals surface area (Å²) in [5.74, 6) is 0.812. The van der Waals surface area contributed by atoms with Crippen molar-refractivity contribution in [2.75, 3.05) is 0 Å². The van der Waals surface area contributed by atoms with Crippen molar-refractivity contribution in [1.29, 1.82) is 0 Å². The van der Waals surface area contributed by atoms with Crippen LogP contribution in [-0.4, -0.2) is 9.36 Å². The molecule has 9 heavy (non-hydrogen) atoms. The molecule has 0 aromatic carbocycles. The first kappa shape index (κ1) is 6.64. The summed E-state index contributed by atoms with van der Waals surface area (Å²) in [5.41, 5.74) is 5.53. The molecule has 0 aliphatic carbocycles. The van der Waals surface area contributed by atoms with Gasteiger partial charge in [0.15, 0.2) is 0 Å². The fourth-order valence-electron chi connectivity index (χ4n) is 0.498. The van der Waals surface area contributed by atoms with Gasteiger partial charge in [0.1, 0.15) is 10.8 Å². The van der Waals surface area contributed by atoms with Gasteiger partial charge in [-0.3, -0.25) is 0 Å². The molecule has 2 N–H and O–H groups in total. The molecule has 0 aliphatic heterocycles. The van der Waals surface area contributed by atoms with Gasteiger partial charge < -0.3 is 5.73 Å². The lowest BCUT2D eigenvalue weighted by molar-refractivity contribution is 0.802. The number of aromatic nitrogens is 2. The molecular weight excluding hydrogens is 134 g/mol. The van der Waals surface area contributed by atoms with E-state index in [0.717, 1.165) is 10.8 Å². The minimum Gasteiger partial charge on any atom is -0.322 e. The fourth-order valence-corrected chi connectivity index (χ4v) is 1.10. The second kappa shape index (κ2) is 2.41. The molecule has 4 heteroatoms. The number of nitrogens with two attached hydrogens (primary N) is 1. The van der Waals surface area contributed by atoms with Crippen LogP contribution in [0.4, 0.5) is 0 Å². The van der Waals surface area contributed by atoms with Gasteiger partial charge in [-0.25, -0.2) is 4.98 Å². The van der Waals surface area contributed by atoms with Crippen molar-refractivity contribution < 1.29 is 0 Å². The third-order valence-electron chi connectivity index (χ3n) is 0.933. The highest BCUT2D eigenvalue weighted by Crippen LogP contribution is 2.10. The summed E-state index contributed by atoms with van der Waals surface area (Å²) in [4.78, 5) is 4.09. The van der Waals surface area contributed by atoms with Crippen molar-refractivity contribution in [3.05, 3.63) is 10.8 Å². The number of hydrogen-bond acceptors (Lipinski definition) is 4. The number of nitrogens with zero attached hydrogens (tertiary/aromatic N) is 2. The maximum atomic E-state index is 5.53. The highest BCUT2D eigenvalue weighted by atomic mass is 32.1. The smallest absolute Gasteiger partial charge is 0.139 e. The molecule has 0 fully saturated rings. The van der Waals surface area contributed by atoms with Gasteiger partial charge in [-0.05, 0) is 25.4 Å². The van der Waals surface area contributed by atoms with Gasteiger partial charge >= 0.3 is 0 Å². The van der Waals surface area contributed by atoms with Crippen LogP contribution in [0.2, 0.25) is 0 Å². The Morgan fingerprint density at radius 1 is 1.67 bits per heavy atom. The van der Waals surface area contributed by atoms with Gasteiger partial charge in [0.2, 0.25) is 0 Å². The van der Waals surface area contributed by atoms with Crippen LogP contribution in [0.15, 0.2) is 0 Å². The maximum Gasteiger partial charge on any atom is 0.139 e. The quantitative estimate of drug-likeness (QED) is 0.634. The topological polar surface area (TPSA) is 51.8 Å². The van der Waals surface area contributed by atoms with E-state index in [9.17, 15) is 0 Å². The third kappa shape index (κ3) is 1.46. The fraction of sp³-hybridized carbons (Fsp3) is 0.600. The lowest BCUT2D eigenvalue weighted by Gasteiger charge is -1.93. The Bertz CT molecular complexity index is 194. The number of rotatable bonds is 1. The SMILES string of the molecule is Cc1nsc([C@H](C)N)n1. The Morgan fingerprint density at radius 3 is 2.56 bits per heavy atom. The normalized spacial score (nSPS) is 13.7. The van der Waals surface area contributed by atoms with Gasteiger partial charge in [0, 0.05) is 0 Å². The summed E-state index contributed by atoms with van der Waals surface area (Å²) < 4.78 is 3.99. The van der Waals surface area contributed by atoms with Crippen LogP contribution >= 0.6 is 11.5 Å². The Kier molecular flexibility index (Phi) is 1.78. The van der Waals surface area contributed by atoms with E-state index in [2.05, 4.69) is 9.36 Å². The molecule has 0 saturated carbocycles. The summed E-state index contributed by atoms with van der Waals surface area (Å²) in [7, 11) is 0. The van der Waals surface area contributed by atoms with Crippen LogP contribution in [0.5, 0.6) is 0 Å². The van der Waals surface area contributed by atoms with Crippen LogP contribution in [0, 0.1) is 6.92 Å². The zero-order valence-electron chi connectivity index (χ0n) is 5.46. The third-order valence-corrected chi connectivity index (χ3v) is 1.94. The average Bonchev–Trinajstić information content (AvgIpc) is 2.14. The Balaban J connectivity index is 2.85. The van der Waals surface area contributed by atoms with E-state index in [4.69, 9.17) is 5.73 Å². The Hall–Kier alpha value is -0.480. The molecule has 0 radical (unpaired) electrons. The molecule has 0 unspecified atom stereocenters. The predicted molar refractivity (Wildman–Crippen MR) is 37.2 cm³/mol. The summed E-state index contributed by atoms with van der Waals surface area (Å²) >= 11 is 1.37. The second-order valence-corrected chi connectivity index (χ2v) is 2.75. The summed E-state index contributed by atoms with van der Waals surface area (Å²) in [5, 5.41) is 0.910. The van der Waals surface area contributed by atoms with E-state index >= 15 is 0 Å². The van der Waals surface area contributed by atoms with E-state index in [1.54, 1.807) is 0 Å². The van der Waals surface area contributed by atoms with E-state index in [1.165, 1.54) is 11.5 Å². The molecule has 0 aliphatic rings. The molecule has 1 aromatic rings. The van der Waals surface area contributed by atoms with Crippen molar-refractivity contribution in [2.45, 2.75) is 19.9 Å². The first-order chi connectivity index (χ1) is 4.20. The highest BCUT2D eigenvalue weighted by Gasteiger charge is 2.03. The molecule has 1 rings (SSSR count). The van der Waals surface area contributed by atoms with Crippen molar-refractivity contribution in [3.8, 4) is 0 Å². The molecule has 1 atom stereocenters. The number of hydrogen-bond donors (Lipinski definition) is 1. The lowest BCUT2D eigenvalue weighted by atomic mass is 10.4. The summed E-state index contributed by atoms with van der Waals surface area (Å²) in [6.45, 7) is 3.77. The Labute approximate surface area is 58.1 Å². The summed E-state index contributed by atoms with van der Waals surface area (Å²) in [6, 6.07) is 0.0243. The van der Waals surface area contributed by atoms with Gasteiger partial charge in [0.05, 0.1) is 6.04 Å². The van der Waals surface area contributed by atoms with Crippen LogP contribution in [-0.2, 0) is 0 Å². The standard InChI is InChI=1S/C5H9N3S/c1-3(6)5-7-4(2)8-9-5/h3H,6H2,1-2H3/t3-/m0/s1. The van der Waals surface area contributed by atoms with Gasteiger partial charge in [-0.1, -0.05) is 0 Å². The van der Waals surface area contributed by atoms with E-state index in [0.29, 0.717) is 0 Å². The maximum absolute atomic E-state index is 5.53. The van der Waals surface area contributed by atoms with Crippen molar-refractivity contribution in [3.63, 3.8) is 0 Å². The first-order valence-corrected chi connectivity index (χ1v) is 3.53. The van der Waals surface area contributed by atoms with Gasteiger partial charge in [0.25, 0.3) is 0 Å². The molecule has 3 nitrogen and oxygen atoms in total. The summed E-state index contributed by atoms with van der Waals surface area (Å²) in [6.07, 6.45) is 0. The average molecular weight is 143 g/mol. The van der Waals surface area contributed by atoms with E-state index in [1.807, 2.05) is 13.8 Å². The van der Waals surface area contributed by atoms with Crippen molar-refractivity contribution >= 4 is 11.5 Å². The molecule has 0 amide bonds. The first-order valence-electron chi connectivity index (χ1n) is 2.76. The highest BCUT2D eigenvalue weighted by molar-refractivity contribution is 7.05. The largest absolute Gasteiger partial charge is 0.322 e. The predicted octanol–water partition coefficient (Wildman–Crippen LogP) is 0.866. The van der Waals surface area contributed by atoms with Crippen LogP contribution in [0.3, 0.4) is 0 Å². The Morgan fingerprint density at radius 2 is 2.33 bits per heavy atom.